The molecule has 0 unspecified atom stereocenters. The summed E-state index contributed by atoms with van der Waals surface area (Å²) in [5.74, 6) is 1.77. The molecular formula is C14H10Cl2N2O2S2. The number of aromatic nitrogens is 2. The standard InChI is InChI=1S/C14H10Cl2N2O2S2/c15-9-3-4-10(16)11(8-9)19-5-7-22-14-18-17-13(20-14)12-2-1-6-21-12/h1-4,6,8H,5,7H2. The van der Waals surface area contributed by atoms with Crippen LogP contribution in [0, 0.1) is 0 Å². The number of thioether (sulfide) groups is 1. The predicted octanol–water partition coefficient (Wildman–Crippen LogP) is 5.28. The highest BCUT2D eigenvalue weighted by molar-refractivity contribution is 7.99. The minimum Gasteiger partial charge on any atom is -0.491 e. The number of ether oxygens (including phenoxy) is 1. The summed E-state index contributed by atoms with van der Waals surface area (Å²) < 4.78 is 11.2. The Morgan fingerprint density at radius 3 is 2.95 bits per heavy atom. The first kappa shape index (κ1) is 15.7. The van der Waals surface area contributed by atoms with Gasteiger partial charge in [-0.1, -0.05) is 41.0 Å². The van der Waals surface area contributed by atoms with Crippen LogP contribution in [0.5, 0.6) is 5.75 Å². The number of rotatable bonds is 6. The first-order valence-electron chi connectivity index (χ1n) is 6.30. The number of halogens is 2. The molecule has 3 rings (SSSR count). The van der Waals surface area contributed by atoms with Crippen LogP contribution < -0.4 is 4.74 Å². The molecule has 8 heteroatoms. The third kappa shape index (κ3) is 3.95. The second-order valence-corrected chi connectivity index (χ2v) is 6.96. The molecule has 2 heterocycles. The molecule has 114 valence electrons. The minimum atomic E-state index is 0.460. The normalized spacial score (nSPS) is 10.8. The number of thiophene rings is 1. The molecule has 4 nitrogen and oxygen atoms in total. The van der Waals surface area contributed by atoms with E-state index < -0.39 is 0 Å². The predicted molar refractivity (Wildman–Crippen MR) is 90.3 cm³/mol. The van der Waals surface area contributed by atoms with E-state index in [0.717, 1.165) is 4.88 Å². The molecule has 3 aromatic rings. The second-order valence-electron chi connectivity index (χ2n) is 4.12. The van der Waals surface area contributed by atoms with Gasteiger partial charge in [0, 0.05) is 16.8 Å². The molecule has 22 heavy (non-hydrogen) atoms. The summed E-state index contributed by atoms with van der Waals surface area (Å²) in [6.45, 7) is 0.460. The number of benzene rings is 1. The van der Waals surface area contributed by atoms with Gasteiger partial charge < -0.3 is 9.15 Å². The van der Waals surface area contributed by atoms with E-state index >= 15 is 0 Å². The molecule has 0 aliphatic carbocycles. The Balaban J connectivity index is 1.50. The van der Waals surface area contributed by atoms with Crippen LogP contribution in [0.1, 0.15) is 0 Å². The molecule has 0 aliphatic heterocycles. The Hall–Kier alpha value is -1.21. The van der Waals surface area contributed by atoms with Crippen molar-refractivity contribution in [1.82, 2.24) is 10.2 Å². The van der Waals surface area contributed by atoms with Crippen molar-refractivity contribution in [3.8, 4) is 16.5 Å². The summed E-state index contributed by atoms with van der Waals surface area (Å²) in [7, 11) is 0. The summed E-state index contributed by atoms with van der Waals surface area (Å²) in [4.78, 5) is 0.960. The zero-order valence-corrected chi connectivity index (χ0v) is 14.3. The molecule has 0 aliphatic rings. The van der Waals surface area contributed by atoms with E-state index in [1.54, 1.807) is 29.5 Å². The van der Waals surface area contributed by atoms with Crippen LogP contribution in [-0.4, -0.2) is 22.6 Å². The van der Waals surface area contributed by atoms with Gasteiger partial charge in [-0.25, -0.2) is 0 Å². The van der Waals surface area contributed by atoms with Crippen molar-refractivity contribution < 1.29 is 9.15 Å². The van der Waals surface area contributed by atoms with E-state index in [0.29, 0.717) is 39.3 Å². The fraction of sp³-hybridized carbons (Fsp3) is 0.143. The van der Waals surface area contributed by atoms with Crippen LogP contribution in [0.2, 0.25) is 10.0 Å². The lowest BCUT2D eigenvalue weighted by atomic mass is 10.3. The topological polar surface area (TPSA) is 48.2 Å². The fourth-order valence-corrected chi connectivity index (χ4v) is 3.19. The number of hydrogen-bond acceptors (Lipinski definition) is 6. The van der Waals surface area contributed by atoms with Crippen molar-refractivity contribution in [3.63, 3.8) is 0 Å². The molecule has 0 fully saturated rings. The molecule has 0 saturated carbocycles. The summed E-state index contributed by atoms with van der Waals surface area (Å²) >= 11 is 14.9. The van der Waals surface area contributed by atoms with E-state index in [1.165, 1.54) is 11.8 Å². The van der Waals surface area contributed by atoms with Crippen LogP contribution in [0.15, 0.2) is 45.4 Å². The highest BCUT2D eigenvalue weighted by Crippen LogP contribution is 2.29. The number of hydrogen-bond donors (Lipinski definition) is 0. The molecule has 0 saturated heterocycles. The Kier molecular flexibility index (Phi) is 5.25. The van der Waals surface area contributed by atoms with Crippen LogP contribution in [0.3, 0.4) is 0 Å². The lowest BCUT2D eigenvalue weighted by Crippen LogP contribution is -2.00. The van der Waals surface area contributed by atoms with Gasteiger partial charge in [-0.3, -0.25) is 0 Å². The smallest absolute Gasteiger partial charge is 0.277 e. The van der Waals surface area contributed by atoms with Crippen molar-refractivity contribution in [2.45, 2.75) is 5.22 Å². The van der Waals surface area contributed by atoms with E-state index in [-0.39, 0.29) is 0 Å². The van der Waals surface area contributed by atoms with Gasteiger partial charge in [0.25, 0.3) is 11.1 Å². The summed E-state index contributed by atoms with van der Waals surface area (Å²) in [5, 5.41) is 11.6. The van der Waals surface area contributed by atoms with Crippen molar-refractivity contribution in [2.24, 2.45) is 0 Å². The minimum absolute atomic E-state index is 0.460. The molecule has 0 amide bonds. The SMILES string of the molecule is Clc1ccc(Cl)c(OCCSc2nnc(-c3cccs3)o2)c1. The maximum Gasteiger partial charge on any atom is 0.277 e. The van der Waals surface area contributed by atoms with Gasteiger partial charge in [0.2, 0.25) is 0 Å². The van der Waals surface area contributed by atoms with E-state index in [1.807, 2.05) is 17.5 Å². The van der Waals surface area contributed by atoms with E-state index in [4.69, 9.17) is 32.4 Å². The molecule has 2 aromatic heterocycles. The van der Waals surface area contributed by atoms with Crippen LogP contribution in [0.4, 0.5) is 0 Å². The van der Waals surface area contributed by atoms with Gasteiger partial charge in [0.1, 0.15) is 5.75 Å². The molecular weight excluding hydrogens is 363 g/mol. The first-order valence-corrected chi connectivity index (χ1v) is 8.92. The third-order valence-electron chi connectivity index (χ3n) is 2.60. The van der Waals surface area contributed by atoms with Gasteiger partial charge in [-0.05, 0) is 23.6 Å². The third-order valence-corrected chi connectivity index (χ3v) is 4.79. The monoisotopic (exact) mass is 372 g/mol. The number of nitrogens with zero attached hydrogens (tertiary/aromatic N) is 2. The van der Waals surface area contributed by atoms with E-state index in [2.05, 4.69) is 10.2 Å². The summed E-state index contributed by atoms with van der Waals surface area (Å²) in [5.41, 5.74) is 0. The molecule has 0 radical (unpaired) electrons. The van der Waals surface area contributed by atoms with Crippen LogP contribution in [-0.2, 0) is 0 Å². The highest BCUT2D eigenvalue weighted by Gasteiger charge is 2.10. The van der Waals surface area contributed by atoms with Crippen LogP contribution in [0.25, 0.3) is 10.8 Å². The van der Waals surface area contributed by atoms with Crippen LogP contribution >= 0.6 is 46.3 Å². The van der Waals surface area contributed by atoms with Gasteiger partial charge >= 0.3 is 0 Å². The van der Waals surface area contributed by atoms with Gasteiger partial charge in [-0.15, -0.1) is 21.5 Å². The fourth-order valence-electron chi connectivity index (χ4n) is 1.64. The van der Waals surface area contributed by atoms with E-state index in [9.17, 15) is 0 Å². The lowest BCUT2D eigenvalue weighted by Gasteiger charge is -2.07. The molecule has 0 bridgehead atoms. The first-order chi connectivity index (χ1) is 10.7. The quantitative estimate of drug-likeness (QED) is 0.435. The van der Waals surface area contributed by atoms with Gasteiger partial charge in [0.15, 0.2) is 0 Å². The highest BCUT2D eigenvalue weighted by atomic mass is 35.5. The zero-order valence-electron chi connectivity index (χ0n) is 11.2. The summed E-state index contributed by atoms with van der Waals surface area (Å²) in [6, 6.07) is 9.00. The molecule has 0 atom stereocenters. The Morgan fingerprint density at radius 2 is 2.14 bits per heavy atom. The largest absolute Gasteiger partial charge is 0.491 e. The van der Waals surface area contributed by atoms with Gasteiger partial charge in [0.05, 0.1) is 16.5 Å². The zero-order chi connectivity index (χ0) is 15.4. The average molecular weight is 373 g/mol. The maximum atomic E-state index is 6.02. The van der Waals surface area contributed by atoms with Crippen molar-refractivity contribution >= 4 is 46.3 Å². The van der Waals surface area contributed by atoms with Crippen molar-refractivity contribution in [2.75, 3.05) is 12.4 Å². The lowest BCUT2D eigenvalue weighted by molar-refractivity contribution is 0.343. The Labute approximate surface area is 145 Å². The molecule has 0 N–H and O–H groups in total. The molecule has 1 aromatic carbocycles. The molecule has 0 spiro atoms. The maximum absolute atomic E-state index is 6.02. The van der Waals surface area contributed by atoms with Gasteiger partial charge in [-0.2, -0.15) is 0 Å². The van der Waals surface area contributed by atoms with Crippen molar-refractivity contribution in [3.05, 3.63) is 45.8 Å². The summed E-state index contributed by atoms with van der Waals surface area (Å²) in [6.07, 6.45) is 0. The Bertz CT molecular complexity index is 747. The second kappa shape index (κ2) is 7.37. The average Bonchev–Trinajstić information content (AvgIpc) is 3.17. The van der Waals surface area contributed by atoms with Crippen molar-refractivity contribution in [1.29, 1.82) is 0 Å². The Morgan fingerprint density at radius 1 is 1.23 bits per heavy atom.